The Bertz CT molecular complexity index is 875. The van der Waals surface area contributed by atoms with Crippen molar-refractivity contribution in [1.29, 1.82) is 0 Å². The monoisotopic (exact) mass is 475 g/mol. The van der Waals surface area contributed by atoms with E-state index in [0.717, 1.165) is 40.3 Å². The summed E-state index contributed by atoms with van der Waals surface area (Å²) in [7, 11) is -2.81. The number of sulfone groups is 1. The van der Waals surface area contributed by atoms with Gasteiger partial charge in [-0.3, -0.25) is 4.90 Å². The van der Waals surface area contributed by atoms with Gasteiger partial charge >= 0.3 is 0 Å². The molecule has 9 heteroatoms. The van der Waals surface area contributed by atoms with Crippen molar-refractivity contribution in [1.82, 2.24) is 19.4 Å². The molecule has 0 spiro atoms. The molecule has 0 amide bonds. The van der Waals surface area contributed by atoms with Crippen LogP contribution in [0.5, 0.6) is 0 Å². The second kappa shape index (κ2) is 6.66. The Morgan fingerprint density at radius 3 is 2.40 bits per heavy atom. The van der Waals surface area contributed by atoms with Crippen molar-refractivity contribution in [3.8, 4) is 0 Å². The van der Waals surface area contributed by atoms with Gasteiger partial charge in [0.25, 0.3) is 0 Å². The van der Waals surface area contributed by atoms with E-state index >= 15 is 0 Å². The highest BCUT2D eigenvalue weighted by atomic mass is 127. The molecule has 2 aromatic heterocycles. The van der Waals surface area contributed by atoms with E-state index in [-0.39, 0.29) is 0 Å². The number of fused-ring (bicyclic) bond motifs is 1. The zero-order valence-corrected chi connectivity index (χ0v) is 16.9. The van der Waals surface area contributed by atoms with E-state index in [2.05, 4.69) is 48.2 Å². The molecule has 0 aromatic carbocycles. The summed E-state index contributed by atoms with van der Waals surface area (Å²) < 4.78 is 26.6. The Labute approximate surface area is 161 Å². The summed E-state index contributed by atoms with van der Waals surface area (Å²) in [5.41, 5.74) is 6.94. The molecule has 2 fully saturated rings. The minimum Gasteiger partial charge on any atom is -0.383 e. The Kier molecular flexibility index (Phi) is 4.65. The molecular formula is C16H22IN5O2S. The van der Waals surface area contributed by atoms with Crippen molar-refractivity contribution in [3.05, 3.63) is 16.1 Å². The molecule has 0 unspecified atom stereocenters. The average molecular weight is 475 g/mol. The molecule has 2 aliphatic rings. The van der Waals surface area contributed by atoms with Gasteiger partial charge in [-0.2, -0.15) is 0 Å². The van der Waals surface area contributed by atoms with Gasteiger partial charge in [-0.1, -0.05) is 0 Å². The van der Waals surface area contributed by atoms with Crippen LogP contribution in [0.3, 0.4) is 0 Å². The number of aromatic nitrogens is 3. The first-order chi connectivity index (χ1) is 11.9. The number of nitrogens with zero attached hydrogens (tertiary/aromatic N) is 4. The lowest BCUT2D eigenvalue weighted by Crippen LogP contribution is -2.47. The minimum absolute atomic E-state index is 0.309. The second-order valence-electron chi connectivity index (χ2n) is 6.99. The molecule has 25 heavy (non-hydrogen) atoms. The first-order valence-corrected chi connectivity index (χ1v) is 11.6. The van der Waals surface area contributed by atoms with Crippen LogP contribution in [0.15, 0.2) is 12.5 Å². The SMILES string of the molecule is Nc1ncnc2c1c(I)cn2[C@H]1CC[C@@H](N2CCS(=O)(=O)CC2)CC1. The molecule has 0 radical (unpaired) electrons. The highest BCUT2D eigenvalue weighted by Gasteiger charge is 2.31. The van der Waals surface area contributed by atoms with Gasteiger partial charge in [-0.25, -0.2) is 18.4 Å². The fourth-order valence-corrected chi connectivity index (χ4v) is 6.18. The van der Waals surface area contributed by atoms with E-state index in [1.807, 2.05) is 0 Å². The number of rotatable bonds is 2. The second-order valence-corrected chi connectivity index (χ2v) is 10.5. The fraction of sp³-hybridized carbons (Fsp3) is 0.625. The third-order valence-corrected chi connectivity index (χ3v) is 7.97. The van der Waals surface area contributed by atoms with Gasteiger partial charge < -0.3 is 10.3 Å². The van der Waals surface area contributed by atoms with Crippen molar-refractivity contribution < 1.29 is 8.42 Å². The number of halogens is 1. The maximum Gasteiger partial charge on any atom is 0.152 e. The predicted molar refractivity (Wildman–Crippen MR) is 106 cm³/mol. The number of anilines is 1. The van der Waals surface area contributed by atoms with Gasteiger partial charge in [0.05, 0.1) is 16.9 Å². The highest BCUT2D eigenvalue weighted by molar-refractivity contribution is 14.1. The van der Waals surface area contributed by atoms with Crippen LogP contribution >= 0.6 is 22.6 Å². The number of hydrogen-bond donors (Lipinski definition) is 1. The summed E-state index contributed by atoms with van der Waals surface area (Å²) in [4.78, 5) is 10.9. The van der Waals surface area contributed by atoms with E-state index in [1.165, 1.54) is 6.33 Å². The lowest BCUT2D eigenvalue weighted by Gasteiger charge is -2.39. The predicted octanol–water partition coefficient (Wildman–Crippen LogP) is 1.83. The Hall–Kier alpha value is -0.940. The molecule has 2 aromatic rings. The van der Waals surface area contributed by atoms with Gasteiger partial charge in [0.1, 0.15) is 17.8 Å². The molecular weight excluding hydrogens is 453 g/mol. The smallest absolute Gasteiger partial charge is 0.152 e. The summed E-state index contributed by atoms with van der Waals surface area (Å²) in [6.07, 6.45) is 8.03. The van der Waals surface area contributed by atoms with E-state index in [1.54, 1.807) is 0 Å². The standard InChI is InChI=1S/C16H22IN5O2S/c17-13-9-22(16-14(13)15(18)19-10-20-16)12-3-1-11(2-4-12)21-5-7-25(23,24)8-6-21/h9-12H,1-8H2,(H2,18,19,20)/t11-,12+. The molecule has 1 saturated heterocycles. The largest absolute Gasteiger partial charge is 0.383 e. The van der Waals surface area contributed by atoms with Gasteiger partial charge in [-0.15, -0.1) is 0 Å². The molecule has 1 aliphatic carbocycles. The molecule has 2 N–H and O–H groups in total. The Morgan fingerprint density at radius 2 is 1.72 bits per heavy atom. The van der Waals surface area contributed by atoms with E-state index in [0.29, 0.717) is 42.5 Å². The van der Waals surface area contributed by atoms with Crippen LogP contribution in [0.4, 0.5) is 5.82 Å². The Balaban J connectivity index is 1.47. The van der Waals surface area contributed by atoms with Crippen LogP contribution in [-0.2, 0) is 9.84 Å². The van der Waals surface area contributed by atoms with Gasteiger partial charge in [0.15, 0.2) is 9.84 Å². The third-order valence-electron chi connectivity index (χ3n) is 5.55. The number of nitrogens with two attached hydrogens (primary N) is 1. The summed E-state index contributed by atoms with van der Waals surface area (Å²) in [6.45, 7) is 1.37. The summed E-state index contributed by atoms with van der Waals surface area (Å²) in [6, 6.07) is 0.928. The van der Waals surface area contributed by atoms with Crippen molar-refractivity contribution in [2.45, 2.75) is 37.8 Å². The van der Waals surface area contributed by atoms with Crippen LogP contribution in [0.25, 0.3) is 11.0 Å². The fourth-order valence-electron chi connectivity index (χ4n) is 4.13. The van der Waals surface area contributed by atoms with Crippen molar-refractivity contribution in [2.24, 2.45) is 0 Å². The first kappa shape index (κ1) is 17.5. The van der Waals surface area contributed by atoms with Gasteiger partial charge in [-0.05, 0) is 48.3 Å². The van der Waals surface area contributed by atoms with E-state index in [9.17, 15) is 8.42 Å². The lowest BCUT2D eigenvalue weighted by molar-refractivity contribution is 0.149. The molecule has 136 valence electrons. The number of hydrogen-bond acceptors (Lipinski definition) is 6. The summed E-state index contributed by atoms with van der Waals surface area (Å²) >= 11 is 2.30. The molecule has 1 saturated carbocycles. The normalized spacial score (nSPS) is 27.6. The lowest BCUT2D eigenvalue weighted by atomic mass is 9.90. The molecule has 4 rings (SSSR count). The molecule has 7 nitrogen and oxygen atoms in total. The highest BCUT2D eigenvalue weighted by Crippen LogP contribution is 2.36. The van der Waals surface area contributed by atoms with Crippen molar-refractivity contribution in [2.75, 3.05) is 30.3 Å². The van der Waals surface area contributed by atoms with Crippen molar-refractivity contribution >= 4 is 49.3 Å². The maximum atomic E-state index is 11.6. The maximum absolute atomic E-state index is 11.6. The Morgan fingerprint density at radius 1 is 1.08 bits per heavy atom. The van der Waals surface area contributed by atoms with Crippen LogP contribution < -0.4 is 5.73 Å². The quantitative estimate of drug-likeness (QED) is 0.667. The molecule has 0 bridgehead atoms. The van der Waals surface area contributed by atoms with Crippen LogP contribution in [0.1, 0.15) is 31.7 Å². The number of nitrogen functional groups attached to an aromatic ring is 1. The molecule has 1 aliphatic heterocycles. The minimum atomic E-state index is -2.81. The van der Waals surface area contributed by atoms with Crippen molar-refractivity contribution in [3.63, 3.8) is 0 Å². The summed E-state index contributed by atoms with van der Waals surface area (Å²) in [5.74, 6) is 1.16. The zero-order valence-electron chi connectivity index (χ0n) is 13.9. The zero-order chi connectivity index (χ0) is 17.6. The third kappa shape index (κ3) is 3.37. The van der Waals surface area contributed by atoms with Crippen LogP contribution in [0, 0.1) is 3.57 Å². The van der Waals surface area contributed by atoms with Gasteiger partial charge in [0.2, 0.25) is 0 Å². The van der Waals surface area contributed by atoms with Gasteiger partial charge in [0, 0.05) is 34.9 Å². The van der Waals surface area contributed by atoms with Crippen LogP contribution in [0.2, 0.25) is 0 Å². The molecule has 3 heterocycles. The van der Waals surface area contributed by atoms with Crippen LogP contribution in [-0.4, -0.2) is 58.5 Å². The first-order valence-electron chi connectivity index (χ1n) is 8.65. The molecule has 0 atom stereocenters. The van der Waals surface area contributed by atoms with E-state index in [4.69, 9.17) is 5.73 Å². The summed E-state index contributed by atoms with van der Waals surface area (Å²) in [5, 5.41) is 0.950. The topological polar surface area (TPSA) is 94.1 Å². The van der Waals surface area contributed by atoms with E-state index < -0.39 is 9.84 Å². The average Bonchev–Trinajstić information content (AvgIpc) is 2.93.